The molecular weight excluding hydrogens is 805 g/mol. The molecule has 0 aromatic rings. The van der Waals surface area contributed by atoms with E-state index in [2.05, 4.69) is 93.7 Å². The van der Waals surface area contributed by atoms with Gasteiger partial charge in [0.15, 0.2) is 6.10 Å². The summed E-state index contributed by atoms with van der Waals surface area (Å²) >= 11 is 0. The molecule has 6 nitrogen and oxygen atoms in total. The molecule has 0 spiro atoms. The fraction of sp³-hybridized carbons (Fsp3) is 0.746. The first-order chi connectivity index (χ1) is 32.0. The Labute approximate surface area is 402 Å². The summed E-state index contributed by atoms with van der Waals surface area (Å²) in [5.41, 5.74) is 0. The average molecular weight is 907 g/mol. The number of allylic oxidation sites excluding steroid dienone is 12. The summed E-state index contributed by atoms with van der Waals surface area (Å²) in [5.74, 6) is -0.940. The highest BCUT2D eigenvalue weighted by atomic mass is 16.6. The Bertz CT molecular complexity index is 1230. The van der Waals surface area contributed by atoms with Gasteiger partial charge in [0.05, 0.1) is 0 Å². The molecule has 0 rings (SSSR count). The number of ether oxygens (including phenoxy) is 3. The highest BCUT2D eigenvalue weighted by Crippen LogP contribution is 2.14. The summed E-state index contributed by atoms with van der Waals surface area (Å²) in [6, 6.07) is 0. The molecule has 6 heteroatoms. The molecule has 0 fully saturated rings. The fourth-order valence-corrected chi connectivity index (χ4v) is 7.47. The SMILES string of the molecule is CCCCC/C=C\C/C=C\C/C=C\CCCCC(=O)OC[C@H](COC(=O)CCCCCCCCC/C=C\CCCCCC)OC(=O)CCCCCCCCC/C=C\C/C=C\CCCCC. The lowest BCUT2D eigenvalue weighted by Crippen LogP contribution is -2.30. The molecule has 0 radical (unpaired) electrons. The molecule has 0 aliphatic rings. The lowest BCUT2D eigenvalue weighted by atomic mass is 10.1. The molecule has 0 bridgehead atoms. The lowest BCUT2D eigenvalue weighted by Gasteiger charge is -2.18. The van der Waals surface area contributed by atoms with Crippen molar-refractivity contribution in [1.82, 2.24) is 0 Å². The van der Waals surface area contributed by atoms with Gasteiger partial charge in [0.25, 0.3) is 0 Å². The Morgan fingerprint density at radius 2 is 0.554 bits per heavy atom. The van der Waals surface area contributed by atoms with Crippen molar-refractivity contribution in [1.29, 1.82) is 0 Å². The van der Waals surface area contributed by atoms with Crippen molar-refractivity contribution in [3.8, 4) is 0 Å². The fourth-order valence-electron chi connectivity index (χ4n) is 7.47. The molecule has 0 aliphatic heterocycles. The van der Waals surface area contributed by atoms with E-state index in [1.54, 1.807) is 0 Å². The minimum absolute atomic E-state index is 0.0928. The number of hydrogen-bond acceptors (Lipinski definition) is 6. The van der Waals surface area contributed by atoms with Crippen molar-refractivity contribution in [2.24, 2.45) is 0 Å². The van der Waals surface area contributed by atoms with Crippen LogP contribution in [0.1, 0.15) is 265 Å². The number of carbonyl (C=O) groups excluding carboxylic acids is 3. The van der Waals surface area contributed by atoms with E-state index in [0.717, 1.165) is 83.5 Å². The zero-order valence-corrected chi connectivity index (χ0v) is 42.7. The zero-order chi connectivity index (χ0) is 47.2. The summed E-state index contributed by atoms with van der Waals surface area (Å²) in [7, 11) is 0. The second-order valence-electron chi connectivity index (χ2n) is 18.1. The Kier molecular flexibility index (Phi) is 50.9. The second-order valence-corrected chi connectivity index (χ2v) is 18.1. The molecule has 1 atom stereocenters. The molecule has 0 saturated heterocycles. The van der Waals surface area contributed by atoms with Gasteiger partial charge in [0.2, 0.25) is 0 Å². The standard InChI is InChI=1S/C59H102O6/c1-4-7-10-13-16-19-22-25-28-29-32-35-38-41-44-47-50-53-59(62)65-56(54-63-57(60)51-48-45-42-39-36-33-30-26-23-20-17-14-11-8-5-2)55-64-58(61)52-49-46-43-40-37-34-31-27-24-21-18-15-12-9-6-3/h16-17,19-21,24-26,28,30,36,39,56H,4-15,18,22-23,27,29,31-35,37-38,40-55H2,1-3H3/b19-16-,20-17-,24-21-,28-25-,30-26-,39-36-/t56-/m1/s1. The number of rotatable bonds is 49. The Morgan fingerprint density at radius 3 is 0.938 bits per heavy atom. The van der Waals surface area contributed by atoms with Crippen LogP contribution in [0.25, 0.3) is 0 Å². The Balaban J connectivity index is 4.46. The van der Waals surface area contributed by atoms with Crippen molar-refractivity contribution in [2.75, 3.05) is 13.2 Å². The van der Waals surface area contributed by atoms with Crippen molar-refractivity contribution in [3.63, 3.8) is 0 Å². The van der Waals surface area contributed by atoms with Crippen molar-refractivity contribution < 1.29 is 28.6 Å². The highest BCUT2D eigenvalue weighted by Gasteiger charge is 2.19. The van der Waals surface area contributed by atoms with Crippen LogP contribution in [-0.2, 0) is 28.6 Å². The van der Waals surface area contributed by atoms with Crippen LogP contribution in [0.15, 0.2) is 72.9 Å². The molecule has 0 amide bonds. The average Bonchev–Trinajstić information content (AvgIpc) is 3.30. The maximum atomic E-state index is 12.8. The van der Waals surface area contributed by atoms with Gasteiger partial charge >= 0.3 is 17.9 Å². The first kappa shape index (κ1) is 61.9. The Hall–Kier alpha value is -3.15. The van der Waals surface area contributed by atoms with Gasteiger partial charge in [-0.3, -0.25) is 14.4 Å². The van der Waals surface area contributed by atoms with Crippen LogP contribution in [0.3, 0.4) is 0 Å². The van der Waals surface area contributed by atoms with Gasteiger partial charge in [-0.2, -0.15) is 0 Å². The molecule has 65 heavy (non-hydrogen) atoms. The van der Waals surface area contributed by atoms with Crippen LogP contribution in [0.4, 0.5) is 0 Å². The molecule has 0 heterocycles. The van der Waals surface area contributed by atoms with Crippen molar-refractivity contribution in [3.05, 3.63) is 72.9 Å². The van der Waals surface area contributed by atoms with Gasteiger partial charge in [-0.05, 0) is 116 Å². The van der Waals surface area contributed by atoms with Crippen LogP contribution in [0, 0.1) is 0 Å². The predicted molar refractivity (Wildman–Crippen MR) is 279 cm³/mol. The van der Waals surface area contributed by atoms with E-state index in [0.29, 0.717) is 19.3 Å². The quantitative estimate of drug-likeness (QED) is 0.0262. The first-order valence-corrected chi connectivity index (χ1v) is 27.4. The van der Waals surface area contributed by atoms with Crippen LogP contribution >= 0.6 is 0 Å². The molecule has 0 saturated carbocycles. The Morgan fingerprint density at radius 1 is 0.308 bits per heavy atom. The van der Waals surface area contributed by atoms with Crippen LogP contribution in [0.2, 0.25) is 0 Å². The summed E-state index contributed by atoms with van der Waals surface area (Å²) < 4.78 is 16.8. The first-order valence-electron chi connectivity index (χ1n) is 27.4. The molecular formula is C59H102O6. The molecule has 374 valence electrons. The molecule has 0 aliphatic carbocycles. The van der Waals surface area contributed by atoms with Crippen LogP contribution < -0.4 is 0 Å². The summed E-state index contributed by atoms with van der Waals surface area (Å²) in [6.07, 6.45) is 67.4. The van der Waals surface area contributed by atoms with Crippen molar-refractivity contribution in [2.45, 2.75) is 271 Å². The van der Waals surface area contributed by atoms with Gasteiger partial charge in [-0.1, -0.05) is 203 Å². The predicted octanol–water partition coefficient (Wildman–Crippen LogP) is 18.2. The number of unbranched alkanes of at least 4 members (excludes halogenated alkanes) is 26. The maximum absolute atomic E-state index is 12.8. The summed E-state index contributed by atoms with van der Waals surface area (Å²) in [4.78, 5) is 38.1. The lowest BCUT2D eigenvalue weighted by molar-refractivity contribution is -0.167. The van der Waals surface area contributed by atoms with Crippen molar-refractivity contribution >= 4 is 17.9 Å². The topological polar surface area (TPSA) is 78.9 Å². The summed E-state index contributed by atoms with van der Waals surface area (Å²) in [5, 5.41) is 0. The van der Waals surface area contributed by atoms with Crippen LogP contribution in [-0.4, -0.2) is 37.2 Å². The minimum Gasteiger partial charge on any atom is -0.462 e. The maximum Gasteiger partial charge on any atom is 0.306 e. The van der Waals surface area contributed by atoms with Gasteiger partial charge in [-0.15, -0.1) is 0 Å². The van der Waals surface area contributed by atoms with Gasteiger partial charge < -0.3 is 14.2 Å². The van der Waals surface area contributed by atoms with Gasteiger partial charge in [-0.25, -0.2) is 0 Å². The zero-order valence-electron chi connectivity index (χ0n) is 42.7. The number of carbonyl (C=O) groups is 3. The van der Waals surface area contributed by atoms with E-state index in [9.17, 15) is 14.4 Å². The van der Waals surface area contributed by atoms with E-state index >= 15 is 0 Å². The molecule has 0 aromatic carbocycles. The minimum atomic E-state index is -0.797. The molecule has 0 N–H and O–H groups in total. The normalized spacial score (nSPS) is 12.6. The second kappa shape index (κ2) is 53.5. The van der Waals surface area contributed by atoms with E-state index in [1.807, 2.05) is 0 Å². The van der Waals surface area contributed by atoms with Gasteiger partial charge in [0, 0.05) is 19.3 Å². The third-order valence-electron chi connectivity index (χ3n) is 11.7. The molecule has 0 aromatic heterocycles. The smallest absolute Gasteiger partial charge is 0.306 e. The van der Waals surface area contributed by atoms with E-state index in [-0.39, 0.29) is 31.1 Å². The summed E-state index contributed by atoms with van der Waals surface area (Å²) in [6.45, 7) is 6.54. The van der Waals surface area contributed by atoms with E-state index < -0.39 is 6.10 Å². The van der Waals surface area contributed by atoms with Crippen LogP contribution in [0.5, 0.6) is 0 Å². The van der Waals surface area contributed by atoms with E-state index in [1.165, 1.54) is 141 Å². The molecule has 0 unspecified atom stereocenters. The third-order valence-corrected chi connectivity index (χ3v) is 11.7. The largest absolute Gasteiger partial charge is 0.462 e. The number of hydrogen-bond donors (Lipinski definition) is 0. The highest BCUT2D eigenvalue weighted by molar-refractivity contribution is 5.71. The monoisotopic (exact) mass is 907 g/mol. The third kappa shape index (κ3) is 51.7. The van der Waals surface area contributed by atoms with E-state index in [4.69, 9.17) is 14.2 Å². The number of esters is 3. The van der Waals surface area contributed by atoms with Gasteiger partial charge in [0.1, 0.15) is 13.2 Å².